The van der Waals surface area contributed by atoms with Crippen molar-refractivity contribution in [3.63, 3.8) is 0 Å². The van der Waals surface area contributed by atoms with Crippen LogP contribution in [0.2, 0.25) is 0 Å². The first kappa shape index (κ1) is 19.7. The molecule has 4 aliphatic carbocycles. The van der Waals surface area contributed by atoms with Crippen LogP contribution < -0.4 is 0 Å². The number of Topliss-reactive ketones (excluding diaryl/α,β-unsaturated/α-hetero) is 1. The van der Waals surface area contributed by atoms with Crippen molar-refractivity contribution in [2.24, 2.45) is 34.0 Å². The Morgan fingerprint density at radius 3 is 2.66 bits per heavy atom. The summed E-state index contributed by atoms with van der Waals surface area (Å²) in [6.07, 6.45) is -1.10. The highest BCUT2D eigenvalue weighted by Gasteiger charge is 2.80. The third-order valence-electron chi connectivity index (χ3n) is 9.16. The van der Waals surface area contributed by atoms with Crippen LogP contribution in [0.3, 0.4) is 0 Å². The zero-order valence-electron chi connectivity index (χ0n) is 17.0. The molecule has 1 spiro atoms. The van der Waals surface area contributed by atoms with E-state index in [1.54, 1.807) is 0 Å². The monoisotopic (exact) mass is 406 g/mol. The minimum atomic E-state index is -1.52. The first-order valence-corrected chi connectivity index (χ1v) is 10.7. The molecule has 5 rings (SSSR count). The van der Waals surface area contributed by atoms with Gasteiger partial charge in [0, 0.05) is 24.2 Å². The van der Waals surface area contributed by atoms with Crippen LogP contribution in [-0.2, 0) is 19.1 Å². The molecule has 7 heteroatoms. The average Bonchev–Trinajstić information content (AvgIpc) is 2.76. The van der Waals surface area contributed by atoms with E-state index in [-0.39, 0.29) is 29.1 Å². The highest BCUT2D eigenvalue weighted by Crippen LogP contribution is 2.73. The van der Waals surface area contributed by atoms with Gasteiger partial charge in [-0.25, -0.2) is 0 Å². The first-order chi connectivity index (χ1) is 13.6. The molecule has 1 unspecified atom stereocenters. The number of aliphatic hydroxyl groups is 3. The lowest BCUT2D eigenvalue weighted by atomic mass is 9.37. The van der Waals surface area contributed by atoms with Gasteiger partial charge in [-0.05, 0) is 42.6 Å². The maximum Gasteiger partial charge on any atom is 0.302 e. The fourth-order valence-corrected chi connectivity index (χ4v) is 8.21. The largest absolute Gasteiger partial charge is 0.462 e. The third-order valence-corrected chi connectivity index (χ3v) is 9.16. The lowest BCUT2D eigenvalue weighted by Gasteiger charge is -2.70. The Morgan fingerprint density at radius 2 is 1.97 bits per heavy atom. The van der Waals surface area contributed by atoms with Crippen molar-refractivity contribution < 1.29 is 34.4 Å². The van der Waals surface area contributed by atoms with Crippen LogP contribution in [0.5, 0.6) is 0 Å². The first-order valence-electron chi connectivity index (χ1n) is 10.7. The highest BCUT2D eigenvalue weighted by atomic mass is 16.6. The van der Waals surface area contributed by atoms with Gasteiger partial charge in [-0.1, -0.05) is 19.9 Å². The van der Waals surface area contributed by atoms with Crippen LogP contribution in [0.25, 0.3) is 0 Å². The topological polar surface area (TPSA) is 113 Å². The van der Waals surface area contributed by atoms with Crippen LogP contribution in [0.4, 0.5) is 0 Å². The zero-order valence-corrected chi connectivity index (χ0v) is 17.0. The van der Waals surface area contributed by atoms with E-state index in [0.29, 0.717) is 19.4 Å². The summed E-state index contributed by atoms with van der Waals surface area (Å²) in [4.78, 5) is 25.5. The molecule has 4 saturated carbocycles. The number of aliphatic hydroxyl groups excluding tert-OH is 3. The Balaban J connectivity index is 1.76. The van der Waals surface area contributed by atoms with E-state index in [0.717, 1.165) is 12.8 Å². The molecular formula is C22H30O7. The lowest BCUT2D eigenvalue weighted by Crippen LogP contribution is -2.75. The van der Waals surface area contributed by atoms with Gasteiger partial charge in [0.25, 0.3) is 0 Å². The number of fused-ring (bicyclic) bond motifs is 1. The van der Waals surface area contributed by atoms with E-state index in [2.05, 4.69) is 13.5 Å². The Bertz CT molecular complexity index is 794. The van der Waals surface area contributed by atoms with Crippen LogP contribution in [0, 0.1) is 34.0 Å². The number of rotatable bonds is 1. The van der Waals surface area contributed by atoms with Gasteiger partial charge in [-0.3, -0.25) is 9.59 Å². The van der Waals surface area contributed by atoms with Gasteiger partial charge >= 0.3 is 5.97 Å². The van der Waals surface area contributed by atoms with E-state index >= 15 is 0 Å². The maximum absolute atomic E-state index is 13.5. The van der Waals surface area contributed by atoms with Crippen molar-refractivity contribution in [2.45, 2.75) is 70.6 Å². The predicted molar refractivity (Wildman–Crippen MR) is 100 cm³/mol. The number of ether oxygens (including phenoxy) is 2. The molecule has 4 bridgehead atoms. The fourth-order valence-electron chi connectivity index (χ4n) is 8.21. The molecule has 7 nitrogen and oxygen atoms in total. The number of ketones is 1. The summed E-state index contributed by atoms with van der Waals surface area (Å²) in [5, 5.41) is 33.9. The summed E-state index contributed by atoms with van der Waals surface area (Å²) >= 11 is 0. The average molecular weight is 406 g/mol. The number of carbonyl (C=O) groups is 2. The van der Waals surface area contributed by atoms with Gasteiger partial charge in [0.2, 0.25) is 0 Å². The molecule has 5 fully saturated rings. The van der Waals surface area contributed by atoms with Crippen molar-refractivity contribution in [1.82, 2.24) is 0 Å². The molecule has 1 saturated heterocycles. The van der Waals surface area contributed by atoms with Crippen LogP contribution in [-0.4, -0.2) is 58.3 Å². The molecule has 0 aromatic heterocycles. The van der Waals surface area contributed by atoms with Gasteiger partial charge in [-0.15, -0.1) is 0 Å². The molecule has 1 heterocycles. The van der Waals surface area contributed by atoms with E-state index in [1.165, 1.54) is 6.92 Å². The highest BCUT2D eigenvalue weighted by molar-refractivity contribution is 6.04. The second-order valence-electron chi connectivity index (χ2n) is 10.3. The third kappa shape index (κ3) is 2.07. The Hall–Kier alpha value is -1.28. The molecule has 5 aliphatic rings. The smallest absolute Gasteiger partial charge is 0.302 e. The molecule has 0 radical (unpaired) electrons. The molecule has 160 valence electrons. The van der Waals surface area contributed by atoms with Crippen molar-refractivity contribution in [2.75, 3.05) is 6.61 Å². The molecule has 0 aromatic rings. The Kier molecular flexibility index (Phi) is 4.00. The normalized spacial score (nSPS) is 55.8. The van der Waals surface area contributed by atoms with Crippen molar-refractivity contribution in [3.8, 4) is 0 Å². The number of hydrogen-bond donors (Lipinski definition) is 3. The van der Waals surface area contributed by atoms with E-state index in [1.807, 2.05) is 0 Å². The second-order valence-corrected chi connectivity index (χ2v) is 10.3. The van der Waals surface area contributed by atoms with E-state index in [4.69, 9.17) is 9.47 Å². The summed E-state index contributed by atoms with van der Waals surface area (Å²) in [7, 11) is 0. The quantitative estimate of drug-likeness (QED) is 0.439. The summed E-state index contributed by atoms with van der Waals surface area (Å²) in [5.74, 6) is -2.19. The molecule has 10 atom stereocenters. The van der Waals surface area contributed by atoms with E-state index in [9.17, 15) is 24.9 Å². The van der Waals surface area contributed by atoms with Crippen LogP contribution in [0.15, 0.2) is 12.2 Å². The van der Waals surface area contributed by atoms with Gasteiger partial charge in [0.1, 0.15) is 6.10 Å². The molecule has 0 aromatic carbocycles. The van der Waals surface area contributed by atoms with Crippen LogP contribution >= 0.6 is 0 Å². The van der Waals surface area contributed by atoms with Crippen molar-refractivity contribution in [1.29, 1.82) is 0 Å². The van der Waals surface area contributed by atoms with Gasteiger partial charge in [0.15, 0.2) is 12.1 Å². The van der Waals surface area contributed by atoms with E-state index < -0.39 is 53.2 Å². The molecule has 0 amide bonds. The maximum atomic E-state index is 13.5. The fraction of sp³-hybridized carbons (Fsp3) is 0.818. The zero-order chi connectivity index (χ0) is 20.9. The summed E-state index contributed by atoms with van der Waals surface area (Å²) in [6.45, 7) is 7.74. The summed E-state index contributed by atoms with van der Waals surface area (Å²) in [5.41, 5.74) is -2.34. The predicted octanol–water partition coefficient (Wildman–Crippen LogP) is 0.946. The number of carbonyl (C=O) groups excluding carboxylic acids is 2. The number of esters is 1. The standard InChI is InChI=1S/C22H30O7/c1-10-12-7-13(29-11(2)23)16-21-6-4-5-20(3,9-28-19(21)27)14(21)8-15(24)22(16,17(10)25)18(12)26/h12-16,18-19,24,26-27H,1,4-9H2,2-3H3/t12-,13-,14+,15+,16-,18+,19+,20-,21-,22?/m0/s1. The van der Waals surface area contributed by atoms with Gasteiger partial charge in [-0.2, -0.15) is 0 Å². The van der Waals surface area contributed by atoms with Crippen molar-refractivity contribution in [3.05, 3.63) is 12.2 Å². The Morgan fingerprint density at radius 1 is 1.24 bits per heavy atom. The summed E-state index contributed by atoms with van der Waals surface area (Å²) in [6, 6.07) is 0. The van der Waals surface area contributed by atoms with Crippen LogP contribution in [0.1, 0.15) is 46.0 Å². The second kappa shape index (κ2) is 5.90. The number of hydrogen-bond acceptors (Lipinski definition) is 7. The molecule has 3 N–H and O–H groups in total. The Labute approximate surface area is 170 Å². The van der Waals surface area contributed by atoms with Gasteiger partial charge in [0.05, 0.1) is 24.2 Å². The SMILES string of the molecule is C=C1C(=O)C23[C@H](O)C[C@@H]4[C@@]5(C)CCC[C@@]4([C@H](O)OC5)[C@@H]2[C@@H](OC(C)=O)C[C@@H]1[C@H]3O. The minimum absolute atomic E-state index is 0.0957. The molecular weight excluding hydrogens is 376 g/mol. The molecule has 29 heavy (non-hydrogen) atoms. The lowest BCUT2D eigenvalue weighted by molar-refractivity contribution is -0.357. The minimum Gasteiger partial charge on any atom is -0.462 e. The molecule has 1 aliphatic heterocycles. The van der Waals surface area contributed by atoms with Crippen molar-refractivity contribution >= 4 is 11.8 Å². The van der Waals surface area contributed by atoms with Gasteiger partial charge < -0.3 is 24.8 Å². The summed E-state index contributed by atoms with van der Waals surface area (Å²) < 4.78 is 11.6.